The number of carboxylic acids is 1. The Kier molecular flexibility index (Phi) is 10.1. The molecule has 1 aromatic heterocycles. The van der Waals surface area contributed by atoms with Gasteiger partial charge >= 0.3 is 18.2 Å². The maximum Gasteiger partial charge on any atom is 0.490 e. The van der Waals surface area contributed by atoms with Crippen LogP contribution in [0.15, 0.2) is 36.5 Å². The number of fused-ring (bicyclic) bond motifs is 1. The number of carbonyl (C=O) groups excluding carboxylic acids is 1. The third-order valence-corrected chi connectivity index (χ3v) is 5.54. The van der Waals surface area contributed by atoms with Gasteiger partial charge in [-0.05, 0) is 43.4 Å². The van der Waals surface area contributed by atoms with Gasteiger partial charge in [0.1, 0.15) is 5.82 Å². The van der Waals surface area contributed by atoms with Crippen LogP contribution in [0, 0.1) is 0 Å². The number of carbonyl (C=O) groups is 2. The minimum atomic E-state index is -5.08. The minimum absolute atomic E-state index is 0.0485. The number of rotatable bonds is 5. The largest absolute Gasteiger partial charge is 0.490 e. The Bertz CT molecular complexity index is 1020. The predicted molar refractivity (Wildman–Crippen MR) is 131 cm³/mol. The summed E-state index contributed by atoms with van der Waals surface area (Å²) in [5.74, 6) is -1.90. The molecule has 11 heteroatoms. The first-order valence-electron chi connectivity index (χ1n) is 11.8. The van der Waals surface area contributed by atoms with Crippen LogP contribution in [-0.2, 0) is 16.6 Å². The van der Waals surface area contributed by atoms with Crippen molar-refractivity contribution in [2.45, 2.75) is 64.1 Å². The molecule has 2 aromatic rings. The van der Waals surface area contributed by atoms with Gasteiger partial charge < -0.3 is 20.6 Å². The van der Waals surface area contributed by atoms with E-state index >= 15 is 0 Å². The highest BCUT2D eigenvalue weighted by Crippen LogP contribution is 2.31. The van der Waals surface area contributed by atoms with Crippen LogP contribution in [0.25, 0.3) is 0 Å². The lowest BCUT2D eigenvalue weighted by Gasteiger charge is -2.22. The van der Waals surface area contributed by atoms with Gasteiger partial charge in [0, 0.05) is 43.1 Å². The van der Waals surface area contributed by atoms with E-state index in [-0.39, 0.29) is 17.5 Å². The smallest absolute Gasteiger partial charge is 0.475 e. The predicted octanol–water partition coefficient (Wildman–Crippen LogP) is 4.61. The highest BCUT2D eigenvalue weighted by atomic mass is 19.4. The van der Waals surface area contributed by atoms with E-state index < -0.39 is 12.1 Å². The van der Waals surface area contributed by atoms with E-state index in [1.165, 1.54) is 11.3 Å². The molecule has 0 bridgehead atoms. The van der Waals surface area contributed by atoms with Crippen LogP contribution in [0.4, 0.5) is 23.7 Å². The van der Waals surface area contributed by atoms with Crippen LogP contribution in [0.5, 0.6) is 0 Å². The quantitative estimate of drug-likeness (QED) is 0.508. The van der Waals surface area contributed by atoms with Crippen LogP contribution in [0.3, 0.4) is 0 Å². The van der Waals surface area contributed by atoms with Crippen molar-refractivity contribution in [2.24, 2.45) is 0 Å². The highest BCUT2D eigenvalue weighted by Gasteiger charge is 2.38. The molecule has 1 atom stereocenters. The molecule has 1 aliphatic rings. The molecule has 0 fully saturated rings. The average Bonchev–Trinajstić information content (AvgIpc) is 2.95. The summed E-state index contributed by atoms with van der Waals surface area (Å²) in [7, 11) is 2.11. The van der Waals surface area contributed by atoms with Crippen molar-refractivity contribution in [1.29, 1.82) is 0 Å². The average molecular weight is 510 g/mol. The number of aromatic nitrogens is 2. The summed E-state index contributed by atoms with van der Waals surface area (Å²) in [5, 5.41) is 13.3. The second-order valence-electron chi connectivity index (χ2n) is 9.60. The summed E-state index contributed by atoms with van der Waals surface area (Å²) in [6, 6.07) is 10.2. The number of hydrogen-bond acceptors (Lipinski definition) is 5. The first-order chi connectivity index (χ1) is 16.8. The maximum absolute atomic E-state index is 12.5. The van der Waals surface area contributed by atoms with Gasteiger partial charge in [-0.15, -0.1) is 0 Å². The number of nitrogens with zero attached hydrogens (tertiary/aromatic N) is 3. The van der Waals surface area contributed by atoms with Gasteiger partial charge in [-0.25, -0.2) is 19.6 Å². The molecular weight excluding hydrogens is 475 g/mol. The molecule has 0 saturated carbocycles. The SMILES string of the molecule is CN1CCCC(NC(=O)NCCCc2ccnc(C(C)(C)C)n2)c2ccccc21.O=C(O)C(F)(F)F. The van der Waals surface area contributed by atoms with Crippen molar-refractivity contribution >= 4 is 17.7 Å². The van der Waals surface area contributed by atoms with Crippen molar-refractivity contribution in [3.05, 3.63) is 53.6 Å². The Labute approximate surface area is 209 Å². The first kappa shape index (κ1) is 28.9. The number of urea groups is 1. The van der Waals surface area contributed by atoms with Crippen LogP contribution in [-0.4, -0.2) is 53.4 Å². The number of anilines is 1. The van der Waals surface area contributed by atoms with E-state index in [0.717, 1.165) is 43.7 Å². The van der Waals surface area contributed by atoms with E-state index in [2.05, 4.69) is 71.5 Å². The third kappa shape index (κ3) is 9.01. The van der Waals surface area contributed by atoms with Crippen molar-refractivity contribution < 1.29 is 27.9 Å². The lowest BCUT2D eigenvalue weighted by atomic mass is 9.95. The fourth-order valence-electron chi connectivity index (χ4n) is 3.67. The highest BCUT2D eigenvalue weighted by molar-refractivity contribution is 5.75. The van der Waals surface area contributed by atoms with Crippen LogP contribution < -0.4 is 15.5 Å². The number of carboxylic acid groups (broad SMARTS) is 1. The zero-order valence-corrected chi connectivity index (χ0v) is 21.0. The summed E-state index contributed by atoms with van der Waals surface area (Å²) in [6.07, 6.45) is 0.412. The van der Waals surface area contributed by atoms with E-state index in [0.29, 0.717) is 6.54 Å². The second kappa shape index (κ2) is 12.5. The van der Waals surface area contributed by atoms with Gasteiger partial charge in [0.25, 0.3) is 0 Å². The van der Waals surface area contributed by atoms with Crippen molar-refractivity contribution in [3.8, 4) is 0 Å². The lowest BCUT2D eigenvalue weighted by molar-refractivity contribution is -0.192. The minimum Gasteiger partial charge on any atom is -0.475 e. The number of halogens is 3. The second-order valence-corrected chi connectivity index (χ2v) is 9.60. The molecule has 3 rings (SSSR count). The number of aliphatic carboxylic acids is 1. The Morgan fingerprint density at radius 3 is 2.47 bits per heavy atom. The summed E-state index contributed by atoms with van der Waals surface area (Å²) in [5.41, 5.74) is 3.36. The van der Waals surface area contributed by atoms with Gasteiger partial charge in [0.2, 0.25) is 0 Å². The molecular formula is C25H34F3N5O3. The van der Waals surface area contributed by atoms with E-state index in [9.17, 15) is 18.0 Å². The monoisotopic (exact) mass is 509 g/mol. The molecule has 8 nitrogen and oxygen atoms in total. The molecule has 1 aliphatic heterocycles. The van der Waals surface area contributed by atoms with Crippen LogP contribution >= 0.6 is 0 Å². The third-order valence-electron chi connectivity index (χ3n) is 5.54. The molecule has 0 saturated heterocycles. The molecule has 0 aliphatic carbocycles. The standard InChI is InChI=1S/C23H33N5O.C2HF3O2/c1-23(2,3)21-24-15-13-17(26-21)9-7-14-25-22(29)27-19-11-8-16-28(4)20-12-6-5-10-18(19)20;3-2(4,5)1(6)7/h5-6,10,12-13,15,19H,7-9,11,14,16H2,1-4H3,(H2,25,27,29);(H,6,7). The number of benzene rings is 1. The number of alkyl halides is 3. The zero-order chi connectivity index (χ0) is 26.9. The fraction of sp³-hybridized carbons (Fsp3) is 0.520. The summed E-state index contributed by atoms with van der Waals surface area (Å²) >= 11 is 0. The van der Waals surface area contributed by atoms with E-state index in [1.54, 1.807) is 0 Å². The molecule has 0 radical (unpaired) electrons. The van der Waals surface area contributed by atoms with Crippen molar-refractivity contribution in [1.82, 2.24) is 20.6 Å². The molecule has 1 unspecified atom stereocenters. The number of aryl methyl sites for hydroxylation is 1. The molecule has 36 heavy (non-hydrogen) atoms. The van der Waals surface area contributed by atoms with E-state index in [4.69, 9.17) is 9.90 Å². The Morgan fingerprint density at radius 1 is 1.17 bits per heavy atom. The van der Waals surface area contributed by atoms with Crippen molar-refractivity contribution in [2.75, 3.05) is 25.0 Å². The lowest BCUT2D eigenvalue weighted by Crippen LogP contribution is -2.38. The van der Waals surface area contributed by atoms with Gasteiger partial charge in [0.15, 0.2) is 0 Å². The van der Waals surface area contributed by atoms with E-state index in [1.807, 2.05) is 18.3 Å². The molecule has 2 amide bonds. The number of nitrogens with one attached hydrogen (secondary N) is 2. The normalized spacial score (nSPS) is 15.6. The molecule has 2 heterocycles. The van der Waals surface area contributed by atoms with Gasteiger partial charge in [-0.2, -0.15) is 13.2 Å². The Hall–Kier alpha value is -3.37. The molecule has 0 spiro atoms. The summed E-state index contributed by atoms with van der Waals surface area (Å²) < 4.78 is 31.7. The Balaban J connectivity index is 0.000000572. The zero-order valence-electron chi connectivity index (χ0n) is 21.0. The van der Waals surface area contributed by atoms with Gasteiger partial charge in [0.05, 0.1) is 6.04 Å². The van der Waals surface area contributed by atoms with Gasteiger partial charge in [-0.1, -0.05) is 39.0 Å². The first-order valence-corrected chi connectivity index (χ1v) is 11.8. The number of hydrogen-bond donors (Lipinski definition) is 3. The number of amides is 2. The van der Waals surface area contributed by atoms with Gasteiger partial charge in [-0.3, -0.25) is 0 Å². The number of para-hydroxylation sites is 1. The van der Waals surface area contributed by atoms with Crippen LogP contribution in [0.2, 0.25) is 0 Å². The topological polar surface area (TPSA) is 107 Å². The Morgan fingerprint density at radius 2 is 1.83 bits per heavy atom. The summed E-state index contributed by atoms with van der Waals surface area (Å²) in [6.45, 7) is 7.96. The summed E-state index contributed by atoms with van der Waals surface area (Å²) in [4.78, 5) is 32.6. The molecule has 3 N–H and O–H groups in total. The van der Waals surface area contributed by atoms with Crippen molar-refractivity contribution in [3.63, 3.8) is 0 Å². The molecule has 198 valence electrons. The maximum atomic E-state index is 12.5. The fourth-order valence-corrected chi connectivity index (χ4v) is 3.67. The van der Waals surface area contributed by atoms with Crippen LogP contribution in [0.1, 0.15) is 63.2 Å². The molecule has 1 aromatic carbocycles.